The summed E-state index contributed by atoms with van der Waals surface area (Å²) in [6.45, 7) is 5.65. The Balaban J connectivity index is 2.28. The minimum atomic E-state index is -0.225. The quantitative estimate of drug-likeness (QED) is 0.675. The summed E-state index contributed by atoms with van der Waals surface area (Å²) in [6.07, 6.45) is 0.823. The first-order chi connectivity index (χ1) is 7.24. The summed E-state index contributed by atoms with van der Waals surface area (Å²) < 4.78 is 23.6. The van der Waals surface area contributed by atoms with Gasteiger partial charge in [0.2, 0.25) is 0 Å². The number of rotatable bonds is 6. The number of halogens is 1. The van der Waals surface area contributed by atoms with Gasteiger partial charge in [-0.3, -0.25) is 0 Å². The molecular formula is C12H17FO2. The van der Waals surface area contributed by atoms with E-state index >= 15 is 0 Å². The third-order valence-electron chi connectivity index (χ3n) is 2.05. The van der Waals surface area contributed by atoms with E-state index in [2.05, 4.69) is 0 Å². The van der Waals surface area contributed by atoms with Gasteiger partial charge in [-0.25, -0.2) is 4.39 Å². The molecule has 0 radical (unpaired) electrons. The highest BCUT2D eigenvalue weighted by Gasteiger charge is 1.99. The van der Waals surface area contributed by atoms with E-state index in [1.54, 1.807) is 19.1 Å². The smallest absolute Gasteiger partial charge is 0.129 e. The van der Waals surface area contributed by atoms with Crippen LogP contribution in [0.15, 0.2) is 18.2 Å². The molecule has 0 bridgehead atoms. The zero-order valence-corrected chi connectivity index (χ0v) is 9.25. The monoisotopic (exact) mass is 212 g/mol. The van der Waals surface area contributed by atoms with Gasteiger partial charge in [0.1, 0.15) is 11.6 Å². The van der Waals surface area contributed by atoms with Crippen molar-refractivity contribution >= 4 is 0 Å². The van der Waals surface area contributed by atoms with Gasteiger partial charge in [-0.05, 0) is 25.5 Å². The molecule has 1 aromatic rings. The molecular weight excluding hydrogens is 195 g/mol. The summed E-state index contributed by atoms with van der Waals surface area (Å²) in [7, 11) is 0. The molecule has 0 spiro atoms. The van der Waals surface area contributed by atoms with Gasteiger partial charge in [0.05, 0.1) is 6.61 Å². The first-order valence-corrected chi connectivity index (χ1v) is 5.20. The number of benzene rings is 1. The van der Waals surface area contributed by atoms with Crippen molar-refractivity contribution in [3.05, 3.63) is 29.6 Å². The summed E-state index contributed by atoms with van der Waals surface area (Å²) in [5, 5.41) is 0. The average Bonchev–Trinajstić information content (AvgIpc) is 2.23. The molecule has 3 heteroatoms. The second-order valence-electron chi connectivity index (χ2n) is 3.31. The lowest BCUT2D eigenvalue weighted by molar-refractivity contribution is 0.131. The highest BCUT2D eigenvalue weighted by molar-refractivity contribution is 5.27. The zero-order chi connectivity index (χ0) is 11.1. The van der Waals surface area contributed by atoms with E-state index in [0.29, 0.717) is 24.5 Å². The van der Waals surface area contributed by atoms with Gasteiger partial charge in [0.25, 0.3) is 0 Å². The molecule has 0 aliphatic carbocycles. The lowest BCUT2D eigenvalue weighted by Gasteiger charge is -2.06. The fourth-order valence-electron chi connectivity index (χ4n) is 1.16. The van der Waals surface area contributed by atoms with Crippen molar-refractivity contribution in [2.24, 2.45) is 0 Å². The molecule has 0 aromatic heterocycles. The summed E-state index contributed by atoms with van der Waals surface area (Å²) in [5.41, 5.74) is 0.636. The maximum atomic E-state index is 13.1. The van der Waals surface area contributed by atoms with Crippen LogP contribution in [0, 0.1) is 12.7 Å². The number of aryl methyl sites for hydroxylation is 1. The highest BCUT2D eigenvalue weighted by atomic mass is 19.1. The first-order valence-electron chi connectivity index (χ1n) is 5.20. The summed E-state index contributed by atoms with van der Waals surface area (Å²) in [6, 6.07) is 4.91. The molecule has 0 fully saturated rings. The van der Waals surface area contributed by atoms with Gasteiger partial charge in [-0.2, -0.15) is 0 Å². The van der Waals surface area contributed by atoms with Crippen molar-refractivity contribution in [3.8, 4) is 5.75 Å². The third-order valence-corrected chi connectivity index (χ3v) is 2.05. The Hall–Kier alpha value is -1.09. The number of ether oxygens (including phenoxy) is 2. The van der Waals surface area contributed by atoms with E-state index in [-0.39, 0.29) is 5.82 Å². The van der Waals surface area contributed by atoms with Crippen molar-refractivity contribution in [1.29, 1.82) is 0 Å². The topological polar surface area (TPSA) is 18.5 Å². The van der Waals surface area contributed by atoms with Crippen LogP contribution in [0.3, 0.4) is 0 Å². The Morgan fingerprint density at radius 3 is 2.73 bits per heavy atom. The van der Waals surface area contributed by atoms with Crippen molar-refractivity contribution in [2.45, 2.75) is 20.3 Å². The molecule has 2 nitrogen and oxygen atoms in total. The van der Waals surface area contributed by atoms with Crippen LogP contribution in [0.5, 0.6) is 5.75 Å². The molecule has 0 N–H and O–H groups in total. The van der Waals surface area contributed by atoms with E-state index in [4.69, 9.17) is 9.47 Å². The summed E-state index contributed by atoms with van der Waals surface area (Å²) >= 11 is 0. The van der Waals surface area contributed by atoms with Gasteiger partial charge >= 0.3 is 0 Å². The van der Waals surface area contributed by atoms with Crippen LogP contribution in [-0.2, 0) is 4.74 Å². The molecule has 0 aliphatic rings. The van der Waals surface area contributed by atoms with Gasteiger partial charge in [-0.15, -0.1) is 0 Å². The Labute approximate surface area is 90.0 Å². The lowest BCUT2D eigenvalue weighted by atomic mass is 10.2. The minimum Gasteiger partial charge on any atom is -0.493 e. The fourth-order valence-corrected chi connectivity index (χ4v) is 1.16. The third kappa shape index (κ3) is 4.30. The van der Waals surface area contributed by atoms with E-state index < -0.39 is 0 Å². The Morgan fingerprint density at radius 2 is 2.07 bits per heavy atom. The predicted octanol–water partition coefficient (Wildman–Crippen LogP) is 2.94. The maximum absolute atomic E-state index is 13.1. The van der Waals surface area contributed by atoms with E-state index in [1.165, 1.54) is 6.07 Å². The maximum Gasteiger partial charge on any atom is 0.129 e. The average molecular weight is 212 g/mol. The zero-order valence-electron chi connectivity index (χ0n) is 9.25. The van der Waals surface area contributed by atoms with Gasteiger partial charge in [-0.1, -0.05) is 6.07 Å². The molecule has 84 valence electrons. The van der Waals surface area contributed by atoms with Crippen molar-refractivity contribution in [1.82, 2.24) is 0 Å². The summed E-state index contributed by atoms with van der Waals surface area (Å²) in [5.74, 6) is 0.354. The normalized spacial score (nSPS) is 10.3. The molecule has 0 unspecified atom stereocenters. The molecule has 0 amide bonds. The first kappa shape index (κ1) is 12.0. The predicted molar refractivity (Wildman–Crippen MR) is 57.7 cm³/mol. The van der Waals surface area contributed by atoms with Crippen molar-refractivity contribution in [3.63, 3.8) is 0 Å². The molecule has 0 heterocycles. The van der Waals surface area contributed by atoms with Gasteiger partial charge in [0, 0.05) is 25.7 Å². The fraction of sp³-hybridized carbons (Fsp3) is 0.500. The minimum absolute atomic E-state index is 0.225. The second kappa shape index (κ2) is 6.40. The van der Waals surface area contributed by atoms with Crippen LogP contribution >= 0.6 is 0 Å². The second-order valence-corrected chi connectivity index (χ2v) is 3.31. The largest absolute Gasteiger partial charge is 0.493 e. The molecule has 0 aliphatic heterocycles. The van der Waals surface area contributed by atoms with Crippen LogP contribution in [0.2, 0.25) is 0 Å². The van der Waals surface area contributed by atoms with Gasteiger partial charge in [0.15, 0.2) is 0 Å². The standard InChI is InChI=1S/C12H17FO2/c1-3-14-7-4-8-15-11-6-5-10(2)12(13)9-11/h5-6,9H,3-4,7-8H2,1-2H3. The molecule has 15 heavy (non-hydrogen) atoms. The van der Waals surface area contributed by atoms with E-state index in [9.17, 15) is 4.39 Å². The van der Waals surface area contributed by atoms with Crippen LogP contribution in [0.1, 0.15) is 18.9 Å². The Bertz CT molecular complexity index is 300. The molecule has 0 saturated carbocycles. The summed E-state index contributed by atoms with van der Waals surface area (Å²) in [4.78, 5) is 0. The molecule has 0 atom stereocenters. The van der Waals surface area contributed by atoms with Gasteiger partial charge < -0.3 is 9.47 Å². The van der Waals surface area contributed by atoms with Crippen LogP contribution in [0.25, 0.3) is 0 Å². The van der Waals surface area contributed by atoms with Crippen LogP contribution < -0.4 is 4.74 Å². The molecule has 0 saturated heterocycles. The SMILES string of the molecule is CCOCCCOc1ccc(C)c(F)c1. The highest BCUT2D eigenvalue weighted by Crippen LogP contribution is 2.15. The lowest BCUT2D eigenvalue weighted by Crippen LogP contribution is -2.03. The Kier molecular flexibility index (Phi) is 5.12. The Morgan fingerprint density at radius 1 is 1.27 bits per heavy atom. The number of hydrogen-bond donors (Lipinski definition) is 0. The van der Waals surface area contributed by atoms with E-state index in [0.717, 1.165) is 13.0 Å². The van der Waals surface area contributed by atoms with Crippen LogP contribution in [-0.4, -0.2) is 19.8 Å². The number of hydrogen-bond acceptors (Lipinski definition) is 2. The van der Waals surface area contributed by atoms with Crippen molar-refractivity contribution < 1.29 is 13.9 Å². The van der Waals surface area contributed by atoms with E-state index in [1.807, 2.05) is 6.92 Å². The van der Waals surface area contributed by atoms with Crippen LogP contribution in [0.4, 0.5) is 4.39 Å². The molecule has 1 rings (SSSR count). The van der Waals surface area contributed by atoms with Crippen molar-refractivity contribution in [2.75, 3.05) is 19.8 Å². The molecule has 1 aromatic carbocycles.